The molecule has 9 nitrogen and oxygen atoms in total. The number of esters is 1. The molecule has 0 unspecified atom stereocenters. The van der Waals surface area contributed by atoms with E-state index in [1.165, 1.54) is 6.20 Å². The minimum absolute atomic E-state index is 0.0453. The topological polar surface area (TPSA) is 119 Å². The fourth-order valence-electron chi connectivity index (χ4n) is 3.16. The van der Waals surface area contributed by atoms with Crippen LogP contribution in [0.4, 0.5) is 11.4 Å². The minimum Gasteiger partial charge on any atom is -0.462 e. The molecule has 0 fully saturated rings. The standard InChI is InChI=1S/C23H26N4O5S/c1-4-14-33(30,31)26-19-10-8-18(9-11-19)25-22(28)17-6-12-20(13-7-17)27-16(3)21(15-24-27)23(29)32-5-2/h6-13,15,26H,4-5,14H2,1-3H3,(H,25,28). The van der Waals surface area contributed by atoms with E-state index in [0.29, 0.717) is 40.3 Å². The molecular weight excluding hydrogens is 444 g/mol. The van der Waals surface area contributed by atoms with Crippen LogP contribution in [0, 0.1) is 6.92 Å². The first-order chi connectivity index (χ1) is 15.7. The average molecular weight is 471 g/mol. The number of anilines is 2. The molecule has 3 rings (SSSR count). The summed E-state index contributed by atoms with van der Waals surface area (Å²) in [5, 5.41) is 7.02. The van der Waals surface area contributed by atoms with Gasteiger partial charge in [0.15, 0.2) is 0 Å². The largest absolute Gasteiger partial charge is 0.462 e. The summed E-state index contributed by atoms with van der Waals surface area (Å²) in [6, 6.07) is 13.2. The fraction of sp³-hybridized carbons (Fsp3) is 0.261. The van der Waals surface area contributed by atoms with Crippen LogP contribution in [0.1, 0.15) is 46.7 Å². The molecule has 2 aromatic carbocycles. The zero-order valence-electron chi connectivity index (χ0n) is 18.7. The van der Waals surface area contributed by atoms with Crippen molar-refractivity contribution in [3.8, 4) is 5.69 Å². The Morgan fingerprint density at radius 3 is 2.24 bits per heavy atom. The zero-order valence-corrected chi connectivity index (χ0v) is 19.5. The van der Waals surface area contributed by atoms with E-state index in [4.69, 9.17) is 4.74 Å². The molecule has 33 heavy (non-hydrogen) atoms. The van der Waals surface area contributed by atoms with Gasteiger partial charge < -0.3 is 10.1 Å². The van der Waals surface area contributed by atoms with Gasteiger partial charge >= 0.3 is 5.97 Å². The second-order valence-corrected chi connectivity index (χ2v) is 9.12. The van der Waals surface area contributed by atoms with Crippen molar-refractivity contribution in [2.45, 2.75) is 27.2 Å². The SMILES string of the molecule is CCCS(=O)(=O)Nc1ccc(NC(=O)c2ccc(-n3ncc(C(=O)OCC)c3C)cc2)cc1. The maximum Gasteiger partial charge on any atom is 0.341 e. The lowest BCUT2D eigenvalue weighted by Crippen LogP contribution is -2.16. The van der Waals surface area contributed by atoms with Gasteiger partial charge in [-0.25, -0.2) is 17.9 Å². The summed E-state index contributed by atoms with van der Waals surface area (Å²) in [5.41, 5.74) is 3.12. The summed E-state index contributed by atoms with van der Waals surface area (Å²) in [6.07, 6.45) is 1.98. The van der Waals surface area contributed by atoms with Crippen molar-refractivity contribution in [3.63, 3.8) is 0 Å². The number of nitrogens with one attached hydrogen (secondary N) is 2. The minimum atomic E-state index is -3.37. The summed E-state index contributed by atoms with van der Waals surface area (Å²) in [7, 11) is -3.37. The molecule has 0 atom stereocenters. The van der Waals surface area contributed by atoms with E-state index in [-0.39, 0.29) is 18.3 Å². The highest BCUT2D eigenvalue weighted by atomic mass is 32.2. The van der Waals surface area contributed by atoms with E-state index in [9.17, 15) is 18.0 Å². The second-order valence-electron chi connectivity index (χ2n) is 7.28. The van der Waals surface area contributed by atoms with Crippen molar-refractivity contribution in [1.29, 1.82) is 0 Å². The molecule has 0 saturated heterocycles. The van der Waals surface area contributed by atoms with Crippen LogP contribution in [0.15, 0.2) is 54.7 Å². The number of aromatic nitrogens is 2. The van der Waals surface area contributed by atoms with E-state index < -0.39 is 16.0 Å². The first kappa shape index (κ1) is 24.0. The molecule has 1 aromatic heterocycles. The van der Waals surface area contributed by atoms with Crippen molar-refractivity contribution in [3.05, 3.63) is 71.5 Å². The van der Waals surface area contributed by atoms with Gasteiger partial charge in [-0.15, -0.1) is 0 Å². The number of hydrogen-bond donors (Lipinski definition) is 2. The van der Waals surface area contributed by atoms with Crippen molar-refractivity contribution < 1.29 is 22.7 Å². The maximum atomic E-state index is 12.6. The van der Waals surface area contributed by atoms with Gasteiger partial charge in [0, 0.05) is 16.9 Å². The van der Waals surface area contributed by atoms with Crippen LogP contribution in [0.2, 0.25) is 0 Å². The number of rotatable bonds is 9. The Labute approximate surface area is 192 Å². The lowest BCUT2D eigenvalue weighted by Gasteiger charge is -2.10. The molecule has 1 amide bonds. The quantitative estimate of drug-likeness (QED) is 0.460. The van der Waals surface area contributed by atoms with E-state index in [1.54, 1.807) is 74.0 Å². The van der Waals surface area contributed by atoms with Crippen LogP contribution in [0.5, 0.6) is 0 Å². The number of carbonyl (C=O) groups excluding carboxylic acids is 2. The molecule has 1 heterocycles. The van der Waals surface area contributed by atoms with E-state index >= 15 is 0 Å². The monoisotopic (exact) mass is 470 g/mol. The molecule has 0 bridgehead atoms. The van der Waals surface area contributed by atoms with E-state index in [0.717, 1.165) is 0 Å². The Balaban J connectivity index is 1.67. The third kappa shape index (κ3) is 5.98. The Kier molecular flexibility index (Phi) is 7.49. The predicted molar refractivity (Wildman–Crippen MR) is 126 cm³/mol. The van der Waals surface area contributed by atoms with Gasteiger partial charge in [-0.05, 0) is 68.8 Å². The van der Waals surface area contributed by atoms with Gasteiger partial charge in [-0.1, -0.05) is 6.92 Å². The molecule has 0 spiro atoms. The summed E-state index contributed by atoms with van der Waals surface area (Å²) in [5.74, 6) is -0.698. The number of sulfonamides is 1. The highest BCUT2D eigenvalue weighted by molar-refractivity contribution is 7.92. The van der Waals surface area contributed by atoms with Gasteiger partial charge in [0.2, 0.25) is 10.0 Å². The van der Waals surface area contributed by atoms with Crippen LogP contribution in [-0.2, 0) is 14.8 Å². The number of carbonyl (C=O) groups is 2. The Morgan fingerprint density at radius 2 is 1.64 bits per heavy atom. The normalized spacial score (nSPS) is 11.1. The number of benzene rings is 2. The van der Waals surface area contributed by atoms with Gasteiger partial charge in [-0.2, -0.15) is 5.10 Å². The van der Waals surface area contributed by atoms with E-state index in [1.807, 2.05) is 0 Å². The zero-order chi connectivity index (χ0) is 24.0. The summed E-state index contributed by atoms with van der Waals surface area (Å²) in [4.78, 5) is 24.6. The number of amides is 1. The lowest BCUT2D eigenvalue weighted by molar-refractivity contribution is 0.0525. The molecule has 10 heteroatoms. The fourth-order valence-corrected chi connectivity index (χ4v) is 4.29. The summed E-state index contributed by atoms with van der Waals surface area (Å²) < 4.78 is 32.8. The van der Waals surface area contributed by atoms with Crippen molar-refractivity contribution in [2.24, 2.45) is 0 Å². The molecule has 0 radical (unpaired) electrons. The average Bonchev–Trinajstić information content (AvgIpc) is 3.16. The number of ether oxygens (including phenoxy) is 1. The smallest absolute Gasteiger partial charge is 0.341 e. The molecule has 0 aliphatic rings. The molecule has 3 aromatic rings. The highest BCUT2D eigenvalue weighted by Gasteiger charge is 2.16. The van der Waals surface area contributed by atoms with Crippen molar-refractivity contribution >= 4 is 33.3 Å². The van der Waals surface area contributed by atoms with Gasteiger partial charge in [0.05, 0.1) is 29.9 Å². The first-order valence-electron chi connectivity index (χ1n) is 10.5. The molecule has 0 saturated carbocycles. The third-order valence-electron chi connectivity index (χ3n) is 4.77. The van der Waals surface area contributed by atoms with Crippen molar-refractivity contribution in [2.75, 3.05) is 22.4 Å². The van der Waals surface area contributed by atoms with Crippen LogP contribution < -0.4 is 10.0 Å². The lowest BCUT2D eigenvalue weighted by atomic mass is 10.2. The molecule has 0 aliphatic heterocycles. The molecule has 0 aliphatic carbocycles. The second kappa shape index (κ2) is 10.3. The number of hydrogen-bond acceptors (Lipinski definition) is 6. The Bertz CT molecular complexity index is 1230. The summed E-state index contributed by atoms with van der Waals surface area (Å²) in [6.45, 7) is 5.59. The van der Waals surface area contributed by atoms with Crippen molar-refractivity contribution in [1.82, 2.24) is 9.78 Å². The third-order valence-corrected chi connectivity index (χ3v) is 6.26. The molecule has 174 valence electrons. The first-order valence-corrected chi connectivity index (χ1v) is 12.1. The van der Waals surface area contributed by atoms with Gasteiger partial charge in [0.25, 0.3) is 5.91 Å². The van der Waals surface area contributed by atoms with Gasteiger partial charge in [0.1, 0.15) is 5.56 Å². The predicted octanol–water partition coefficient (Wildman–Crippen LogP) is 3.76. The van der Waals surface area contributed by atoms with E-state index in [2.05, 4.69) is 15.1 Å². The Hall–Kier alpha value is -3.66. The van der Waals surface area contributed by atoms with Gasteiger partial charge in [-0.3, -0.25) is 9.52 Å². The van der Waals surface area contributed by atoms with Crippen LogP contribution in [0.3, 0.4) is 0 Å². The molecule has 2 N–H and O–H groups in total. The molecular formula is C23H26N4O5S. The highest BCUT2D eigenvalue weighted by Crippen LogP contribution is 2.18. The number of nitrogens with zero attached hydrogens (tertiary/aromatic N) is 2. The maximum absolute atomic E-state index is 12.6. The van der Waals surface area contributed by atoms with Crippen LogP contribution in [-0.4, -0.2) is 42.4 Å². The van der Waals surface area contributed by atoms with Crippen LogP contribution in [0.25, 0.3) is 5.69 Å². The Morgan fingerprint density at radius 1 is 1.00 bits per heavy atom. The van der Waals surface area contributed by atoms with Crippen LogP contribution >= 0.6 is 0 Å². The summed E-state index contributed by atoms with van der Waals surface area (Å²) >= 11 is 0.